The summed E-state index contributed by atoms with van der Waals surface area (Å²) < 4.78 is 5.72. The molecular formula is C24H30Cl2N2O3. The molecule has 0 aliphatic heterocycles. The second-order valence-corrected chi connectivity index (χ2v) is 8.46. The van der Waals surface area contributed by atoms with Crippen LogP contribution < -0.4 is 10.1 Å². The molecule has 0 aromatic heterocycles. The topological polar surface area (TPSA) is 58.6 Å². The minimum atomic E-state index is -0.681. The van der Waals surface area contributed by atoms with Gasteiger partial charge in [-0.05, 0) is 68.1 Å². The van der Waals surface area contributed by atoms with Crippen molar-refractivity contribution in [3.05, 3.63) is 63.1 Å². The van der Waals surface area contributed by atoms with E-state index in [1.54, 1.807) is 25.1 Å². The summed E-state index contributed by atoms with van der Waals surface area (Å²) in [6.45, 7) is 8.33. The lowest BCUT2D eigenvalue weighted by molar-refractivity contribution is -0.142. The molecule has 0 saturated carbocycles. The normalized spacial score (nSPS) is 11.7. The molecule has 0 spiro atoms. The lowest BCUT2D eigenvalue weighted by Gasteiger charge is -2.29. The van der Waals surface area contributed by atoms with Gasteiger partial charge in [0.05, 0.1) is 0 Å². The van der Waals surface area contributed by atoms with Gasteiger partial charge in [0, 0.05) is 23.1 Å². The standard InChI is InChI=1S/C24H30Cl2N2O3/c1-5-6-11-27-24(30)18(4)28(14-19-8-9-20(25)13-22(19)26)23(29)15-31-21-10-7-16(2)17(3)12-21/h7-10,12-13,18H,5-6,11,14-15H2,1-4H3,(H,27,30)/t18-/m0/s1. The zero-order valence-electron chi connectivity index (χ0n) is 18.5. The van der Waals surface area contributed by atoms with Crippen molar-refractivity contribution in [1.29, 1.82) is 0 Å². The Morgan fingerprint density at radius 3 is 2.48 bits per heavy atom. The minimum Gasteiger partial charge on any atom is -0.484 e. The summed E-state index contributed by atoms with van der Waals surface area (Å²) in [6.07, 6.45) is 1.85. The number of benzene rings is 2. The SMILES string of the molecule is CCCCNC(=O)[C@H](C)N(Cc1ccc(Cl)cc1Cl)C(=O)COc1ccc(C)c(C)c1. The van der Waals surface area contributed by atoms with Crippen LogP contribution in [-0.2, 0) is 16.1 Å². The highest BCUT2D eigenvalue weighted by molar-refractivity contribution is 6.35. The van der Waals surface area contributed by atoms with E-state index in [9.17, 15) is 9.59 Å². The summed E-state index contributed by atoms with van der Waals surface area (Å²) in [6, 6.07) is 10.1. The van der Waals surface area contributed by atoms with E-state index in [1.807, 2.05) is 32.0 Å². The highest BCUT2D eigenvalue weighted by atomic mass is 35.5. The van der Waals surface area contributed by atoms with Crippen LogP contribution >= 0.6 is 23.2 Å². The lowest BCUT2D eigenvalue weighted by atomic mass is 10.1. The Morgan fingerprint density at radius 1 is 1.10 bits per heavy atom. The van der Waals surface area contributed by atoms with Crippen LogP contribution in [0.15, 0.2) is 36.4 Å². The van der Waals surface area contributed by atoms with Crippen molar-refractivity contribution in [3.8, 4) is 5.75 Å². The van der Waals surface area contributed by atoms with Crippen molar-refractivity contribution in [2.45, 2.75) is 53.1 Å². The summed E-state index contributed by atoms with van der Waals surface area (Å²) in [5, 5.41) is 3.84. The Bertz CT molecular complexity index is 918. The molecule has 0 unspecified atom stereocenters. The number of nitrogens with zero attached hydrogens (tertiary/aromatic N) is 1. The largest absolute Gasteiger partial charge is 0.484 e. The molecule has 0 heterocycles. The van der Waals surface area contributed by atoms with Crippen molar-refractivity contribution >= 4 is 35.0 Å². The zero-order valence-corrected chi connectivity index (χ0v) is 20.0. The molecule has 0 aliphatic rings. The molecule has 0 radical (unpaired) electrons. The Balaban J connectivity index is 2.17. The summed E-state index contributed by atoms with van der Waals surface area (Å²) in [5.74, 6) is 0.0985. The molecule has 1 atom stereocenters. The number of hydrogen-bond acceptors (Lipinski definition) is 3. The predicted octanol–water partition coefficient (Wildman–Crippen LogP) is 5.32. The van der Waals surface area contributed by atoms with Crippen molar-refractivity contribution < 1.29 is 14.3 Å². The monoisotopic (exact) mass is 464 g/mol. The highest BCUT2D eigenvalue weighted by Gasteiger charge is 2.27. The van der Waals surface area contributed by atoms with Crippen LogP contribution in [0, 0.1) is 13.8 Å². The van der Waals surface area contributed by atoms with Crippen LogP contribution in [0.5, 0.6) is 5.75 Å². The fraction of sp³-hybridized carbons (Fsp3) is 0.417. The molecule has 0 bridgehead atoms. The second kappa shape index (κ2) is 12.0. The van der Waals surface area contributed by atoms with Crippen molar-refractivity contribution in [2.75, 3.05) is 13.2 Å². The Hall–Kier alpha value is -2.24. The number of amides is 2. The first-order valence-corrected chi connectivity index (χ1v) is 11.2. The van der Waals surface area contributed by atoms with Crippen LogP contribution in [-0.4, -0.2) is 35.9 Å². The van der Waals surface area contributed by atoms with Gasteiger partial charge in [-0.25, -0.2) is 0 Å². The number of unbranched alkanes of at least 4 members (excludes halogenated alkanes) is 1. The first-order valence-electron chi connectivity index (χ1n) is 10.4. The van der Waals surface area contributed by atoms with Crippen LogP contribution in [0.1, 0.15) is 43.4 Å². The second-order valence-electron chi connectivity index (χ2n) is 7.61. The number of ether oxygens (including phenoxy) is 1. The van der Waals surface area contributed by atoms with Gasteiger partial charge in [0.2, 0.25) is 5.91 Å². The molecule has 0 fully saturated rings. The number of hydrogen-bond donors (Lipinski definition) is 1. The van der Waals surface area contributed by atoms with E-state index in [2.05, 4.69) is 12.2 Å². The van der Waals surface area contributed by atoms with Crippen molar-refractivity contribution in [3.63, 3.8) is 0 Å². The first-order chi connectivity index (χ1) is 14.7. The fourth-order valence-corrected chi connectivity index (χ4v) is 3.45. The molecule has 2 aromatic rings. The number of rotatable bonds is 10. The third kappa shape index (κ3) is 7.44. The number of carbonyl (C=O) groups excluding carboxylic acids is 2. The molecule has 2 rings (SSSR count). The lowest BCUT2D eigenvalue weighted by Crippen LogP contribution is -2.49. The van der Waals surface area contributed by atoms with Gasteiger partial charge in [0.25, 0.3) is 5.91 Å². The maximum Gasteiger partial charge on any atom is 0.261 e. The summed E-state index contributed by atoms with van der Waals surface area (Å²) in [7, 11) is 0. The predicted molar refractivity (Wildman–Crippen MR) is 126 cm³/mol. The molecule has 2 aromatic carbocycles. The number of nitrogens with one attached hydrogen (secondary N) is 1. The smallest absolute Gasteiger partial charge is 0.261 e. The van der Waals surface area contributed by atoms with Crippen LogP contribution in [0.25, 0.3) is 0 Å². The molecule has 0 aliphatic carbocycles. The van der Waals surface area contributed by atoms with E-state index in [1.165, 1.54) is 4.90 Å². The molecule has 2 amide bonds. The van der Waals surface area contributed by atoms with E-state index >= 15 is 0 Å². The van der Waals surface area contributed by atoms with Gasteiger partial charge in [-0.15, -0.1) is 0 Å². The molecule has 31 heavy (non-hydrogen) atoms. The molecule has 0 saturated heterocycles. The summed E-state index contributed by atoms with van der Waals surface area (Å²) >= 11 is 12.3. The van der Waals surface area contributed by atoms with Gasteiger partial charge >= 0.3 is 0 Å². The van der Waals surface area contributed by atoms with Crippen LogP contribution in [0.3, 0.4) is 0 Å². The minimum absolute atomic E-state index is 0.174. The van der Waals surface area contributed by atoms with E-state index in [4.69, 9.17) is 27.9 Å². The average molecular weight is 465 g/mol. The van der Waals surface area contributed by atoms with Crippen LogP contribution in [0.4, 0.5) is 0 Å². The summed E-state index contributed by atoms with van der Waals surface area (Å²) in [5.41, 5.74) is 2.94. The molecule has 1 N–H and O–H groups in total. The zero-order chi connectivity index (χ0) is 23.0. The maximum atomic E-state index is 13.1. The van der Waals surface area contributed by atoms with E-state index in [-0.39, 0.29) is 25.0 Å². The number of halogens is 2. The Kier molecular flexibility index (Phi) is 9.66. The van der Waals surface area contributed by atoms with Crippen LogP contribution in [0.2, 0.25) is 10.0 Å². The van der Waals surface area contributed by atoms with Gasteiger partial charge in [0.1, 0.15) is 11.8 Å². The Labute approximate surface area is 194 Å². The van der Waals surface area contributed by atoms with E-state index in [0.29, 0.717) is 27.9 Å². The summed E-state index contributed by atoms with van der Waals surface area (Å²) in [4.78, 5) is 27.2. The first kappa shape index (κ1) is 25.0. The molecule has 168 valence electrons. The van der Waals surface area contributed by atoms with Gasteiger partial charge < -0.3 is 15.0 Å². The van der Waals surface area contributed by atoms with Gasteiger partial charge in [-0.3, -0.25) is 9.59 Å². The van der Waals surface area contributed by atoms with Gasteiger partial charge in [-0.2, -0.15) is 0 Å². The van der Waals surface area contributed by atoms with E-state index in [0.717, 1.165) is 24.0 Å². The number of aryl methyl sites for hydroxylation is 2. The molecule has 5 nitrogen and oxygen atoms in total. The third-order valence-corrected chi connectivity index (χ3v) is 5.78. The van der Waals surface area contributed by atoms with Crippen molar-refractivity contribution in [2.24, 2.45) is 0 Å². The highest BCUT2D eigenvalue weighted by Crippen LogP contribution is 2.23. The number of carbonyl (C=O) groups is 2. The Morgan fingerprint density at radius 2 is 1.84 bits per heavy atom. The quantitative estimate of drug-likeness (QED) is 0.483. The molecular weight excluding hydrogens is 435 g/mol. The third-order valence-electron chi connectivity index (χ3n) is 5.19. The van der Waals surface area contributed by atoms with Gasteiger partial charge in [0.15, 0.2) is 6.61 Å². The van der Waals surface area contributed by atoms with Crippen molar-refractivity contribution in [1.82, 2.24) is 10.2 Å². The van der Waals surface area contributed by atoms with E-state index < -0.39 is 6.04 Å². The molecule has 7 heteroatoms. The fourth-order valence-electron chi connectivity index (χ4n) is 2.98. The maximum absolute atomic E-state index is 13.1. The van der Waals surface area contributed by atoms with Gasteiger partial charge in [-0.1, -0.05) is 48.7 Å². The average Bonchev–Trinajstić information content (AvgIpc) is 2.73.